The lowest BCUT2D eigenvalue weighted by molar-refractivity contribution is -0.149. The van der Waals surface area contributed by atoms with Gasteiger partial charge in [-0.2, -0.15) is 0 Å². The van der Waals surface area contributed by atoms with Crippen molar-refractivity contribution in [2.24, 2.45) is 5.92 Å². The van der Waals surface area contributed by atoms with Crippen LogP contribution in [0.5, 0.6) is 0 Å². The first-order valence-corrected chi connectivity index (χ1v) is 14.5. The molecule has 0 N–H and O–H groups in total. The van der Waals surface area contributed by atoms with Gasteiger partial charge in [-0.15, -0.1) is 0 Å². The van der Waals surface area contributed by atoms with Gasteiger partial charge < -0.3 is 8.97 Å². The summed E-state index contributed by atoms with van der Waals surface area (Å²) in [6.45, 7) is 12.6. The molecule has 2 rings (SSSR count). The molecular weight excluding hydrogens is 282 g/mol. The van der Waals surface area contributed by atoms with E-state index in [9.17, 15) is 4.79 Å². The SMILES string of the molecule is CCOC(=O)C1CCC(N2[Si](C)(C)CC[Si]2(C)C)CC1. The second-order valence-corrected chi connectivity index (χ2v) is 17.4. The number of hydrogen-bond acceptors (Lipinski definition) is 3. The molecule has 0 aromatic heterocycles. The summed E-state index contributed by atoms with van der Waals surface area (Å²) in [7, 11) is -2.36. The van der Waals surface area contributed by atoms with E-state index in [4.69, 9.17) is 4.74 Å². The lowest BCUT2D eigenvalue weighted by Gasteiger charge is -2.47. The van der Waals surface area contributed by atoms with Gasteiger partial charge in [0.25, 0.3) is 0 Å². The Balaban J connectivity index is 1.98. The highest BCUT2D eigenvalue weighted by Gasteiger charge is 2.50. The maximum Gasteiger partial charge on any atom is 0.308 e. The lowest BCUT2D eigenvalue weighted by atomic mass is 9.86. The van der Waals surface area contributed by atoms with Crippen molar-refractivity contribution in [2.75, 3.05) is 6.61 Å². The summed E-state index contributed by atoms with van der Waals surface area (Å²) in [5, 5.41) is 0. The molecule has 1 aliphatic carbocycles. The Morgan fingerprint density at radius 1 is 1.05 bits per heavy atom. The zero-order valence-corrected chi connectivity index (χ0v) is 15.9. The van der Waals surface area contributed by atoms with Gasteiger partial charge in [-0.3, -0.25) is 4.79 Å². The van der Waals surface area contributed by atoms with E-state index < -0.39 is 16.5 Å². The minimum absolute atomic E-state index is 0.0420. The molecule has 1 saturated heterocycles. The molecule has 0 atom stereocenters. The smallest absolute Gasteiger partial charge is 0.308 e. The van der Waals surface area contributed by atoms with Crippen LogP contribution in [-0.4, -0.2) is 39.3 Å². The standard InChI is InChI=1S/C15H31NO2Si2/c1-6-18-15(17)13-7-9-14(10-8-13)16-19(2,3)11-12-20(16,4)5/h13-14H,6-12H2,1-5H3. The molecule has 0 amide bonds. The molecule has 0 spiro atoms. The molecule has 1 saturated carbocycles. The van der Waals surface area contributed by atoms with E-state index in [0.29, 0.717) is 6.61 Å². The summed E-state index contributed by atoms with van der Waals surface area (Å²) >= 11 is 0. The van der Waals surface area contributed by atoms with E-state index in [0.717, 1.165) is 18.9 Å². The first-order valence-electron chi connectivity index (χ1n) is 8.24. The van der Waals surface area contributed by atoms with E-state index in [-0.39, 0.29) is 11.9 Å². The van der Waals surface area contributed by atoms with Gasteiger partial charge in [0.05, 0.1) is 12.5 Å². The summed E-state index contributed by atoms with van der Waals surface area (Å²) < 4.78 is 8.20. The maximum atomic E-state index is 11.9. The van der Waals surface area contributed by atoms with Gasteiger partial charge in [0.15, 0.2) is 0 Å². The van der Waals surface area contributed by atoms with Gasteiger partial charge in [-0.25, -0.2) is 0 Å². The summed E-state index contributed by atoms with van der Waals surface area (Å²) in [6.07, 6.45) is 4.48. The molecule has 2 fully saturated rings. The van der Waals surface area contributed by atoms with Crippen LogP contribution in [0, 0.1) is 5.92 Å². The van der Waals surface area contributed by atoms with Crippen molar-refractivity contribution in [3.63, 3.8) is 0 Å². The van der Waals surface area contributed by atoms with Crippen molar-refractivity contribution in [3.05, 3.63) is 0 Å². The van der Waals surface area contributed by atoms with Crippen molar-refractivity contribution < 1.29 is 9.53 Å². The third-order valence-electron chi connectivity index (χ3n) is 5.33. The van der Waals surface area contributed by atoms with E-state index in [2.05, 4.69) is 30.4 Å². The molecule has 0 radical (unpaired) electrons. The zero-order chi connectivity index (χ0) is 15.0. The zero-order valence-electron chi connectivity index (χ0n) is 13.9. The number of rotatable bonds is 3. The van der Waals surface area contributed by atoms with Crippen LogP contribution in [0.2, 0.25) is 38.3 Å². The molecule has 0 unspecified atom stereocenters. The topological polar surface area (TPSA) is 29.5 Å². The predicted octanol–water partition coefficient (Wildman–Crippen LogP) is 3.83. The second kappa shape index (κ2) is 5.93. The Hall–Kier alpha value is -0.136. The quantitative estimate of drug-likeness (QED) is 0.586. The van der Waals surface area contributed by atoms with Crippen LogP contribution in [0.1, 0.15) is 32.6 Å². The van der Waals surface area contributed by atoms with Gasteiger partial charge in [0.1, 0.15) is 16.5 Å². The summed E-state index contributed by atoms with van der Waals surface area (Å²) in [5.74, 6) is 0.212. The highest BCUT2D eigenvalue weighted by atomic mass is 28.4. The molecule has 5 heteroatoms. The van der Waals surface area contributed by atoms with Gasteiger partial charge in [-0.1, -0.05) is 26.2 Å². The van der Waals surface area contributed by atoms with Gasteiger partial charge in [0, 0.05) is 0 Å². The van der Waals surface area contributed by atoms with Crippen LogP contribution in [0.3, 0.4) is 0 Å². The van der Waals surface area contributed by atoms with E-state index in [1.54, 1.807) is 0 Å². The van der Waals surface area contributed by atoms with Crippen molar-refractivity contribution in [3.8, 4) is 0 Å². The molecule has 0 aromatic rings. The van der Waals surface area contributed by atoms with Crippen molar-refractivity contribution in [1.29, 1.82) is 0 Å². The number of nitrogens with zero attached hydrogens (tertiary/aromatic N) is 1. The third-order valence-corrected chi connectivity index (χ3v) is 15.8. The van der Waals surface area contributed by atoms with Crippen LogP contribution >= 0.6 is 0 Å². The average Bonchev–Trinajstić information content (AvgIpc) is 2.59. The third kappa shape index (κ3) is 3.20. The number of carbonyl (C=O) groups is 1. The first-order chi connectivity index (χ1) is 9.28. The summed E-state index contributed by atoms with van der Waals surface area (Å²) in [5.41, 5.74) is 0. The van der Waals surface area contributed by atoms with E-state index in [1.807, 2.05) is 6.92 Å². The fourth-order valence-corrected chi connectivity index (χ4v) is 19.6. The van der Waals surface area contributed by atoms with E-state index >= 15 is 0 Å². The maximum absolute atomic E-state index is 11.9. The molecule has 116 valence electrons. The molecule has 1 heterocycles. The van der Waals surface area contributed by atoms with Gasteiger partial charge >= 0.3 is 5.97 Å². The average molecular weight is 314 g/mol. The predicted molar refractivity (Wildman–Crippen MR) is 88.8 cm³/mol. The largest absolute Gasteiger partial charge is 0.466 e. The van der Waals surface area contributed by atoms with Crippen LogP contribution in [0.15, 0.2) is 0 Å². The Morgan fingerprint density at radius 3 is 2.00 bits per heavy atom. The minimum atomic E-state index is -1.18. The molecule has 20 heavy (non-hydrogen) atoms. The molecule has 3 nitrogen and oxygen atoms in total. The highest BCUT2D eigenvalue weighted by molar-refractivity contribution is 6.95. The Morgan fingerprint density at radius 2 is 1.55 bits per heavy atom. The van der Waals surface area contributed by atoms with Crippen LogP contribution in [-0.2, 0) is 9.53 Å². The minimum Gasteiger partial charge on any atom is -0.466 e. The Labute approximate surface area is 126 Å². The first kappa shape index (κ1) is 16.2. The van der Waals surface area contributed by atoms with Crippen LogP contribution < -0.4 is 0 Å². The normalized spacial score (nSPS) is 33.0. The monoisotopic (exact) mass is 313 g/mol. The van der Waals surface area contributed by atoms with Crippen LogP contribution in [0.25, 0.3) is 0 Å². The molecule has 2 aliphatic rings. The second-order valence-electron chi connectivity index (χ2n) is 7.75. The molecular formula is C15H31NO2Si2. The fourth-order valence-electron chi connectivity index (χ4n) is 4.49. The molecule has 0 bridgehead atoms. The summed E-state index contributed by atoms with van der Waals surface area (Å²) in [4.78, 5) is 11.9. The van der Waals surface area contributed by atoms with Crippen LogP contribution in [0.4, 0.5) is 0 Å². The molecule has 1 aliphatic heterocycles. The molecule has 0 aromatic carbocycles. The number of hydrogen-bond donors (Lipinski definition) is 0. The van der Waals surface area contributed by atoms with Crippen molar-refractivity contribution in [1.82, 2.24) is 4.23 Å². The van der Waals surface area contributed by atoms with Gasteiger partial charge in [-0.05, 0) is 50.7 Å². The van der Waals surface area contributed by atoms with Crippen molar-refractivity contribution >= 4 is 22.4 Å². The van der Waals surface area contributed by atoms with Gasteiger partial charge in [0.2, 0.25) is 0 Å². The lowest BCUT2D eigenvalue weighted by Crippen LogP contribution is -2.60. The number of esters is 1. The van der Waals surface area contributed by atoms with Crippen molar-refractivity contribution in [2.45, 2.75) is 76.9 Å². The number of ether oxygens (including phenoxy) is 1. The summed E-state index contributed by atoms with van der Waals surface area (Å²) in [6, 6.07) is 3.71. The highest BCUT2D eigenvalue weighted by Crippen LogP contribution is 2.42. The Kier molecular flexibility index (Phi) is 4.81. The Bertz CT molecular complexity index is 347. The van der Waals surface area contributed by atoms with E-state index in [1.165, 1.54) is 24.9 Å². The number of carbonyl (C=O) groups excluding carboxylic acids is 1. The fraction of sp³-hybridized carbons (Fsp3) is 0.933.